The highest BCUT2D eigenvalue weighted by Gasteiger charge is 2.20. The van der Waals surface area contributed by atoms with Crippen molar-refractivity contribution in [1.82, 2.24) is 24.1 Å². The molecule has 232 valence electrons. The number of nitriles is 1. The van der Waals surface area contributed by atoms with Crippen LogP contribution in [0.15, 0.2) is 158 Å². The molecule has 7 aromatic carbocycles. The molecule has 10 aromatic rings. The quantitative estimate of drug-likeness (QED) is 0.192. The average Bonchev–Trinajstić information content (AvgIpc) is 3.71. The van der Waals surface area contributed by atoms with Gasteiger partial charge in [0.2, 0.25) is 5.95 Å². The van der Waals surface area contributed by atoms with Crippen molar-refractivity contribution in [3.8, 4) is 40.5 Å². The average molecular weight is 639 g/mol. The van der Waals surface area contributed by atoms with E-state index in [0.717, 1.165) is 44.1 Å². The van der Waals surface area contributed by atoms with E-state index in [1.165, 1.54) is 27.1 Å². The summed E-state index contributed by atoms with van der Waals surface area (Å²) < 4.78 is 4.40. The zero-order valence-corrected chi connectivity index (χ0v) is 26.7. The summed E-state index contributed by atoms with van der Waals surface area (Å²) in [6, 6.07) is 56.3. The third-order valence-electron chi connectivity index (χ3n) is 9.58. The first-order valence-electron chi connectivity index (χ1n) is 16.5. The van der Waals surface area contributed by atoms with E-state index in [-0.39, 0.29) is 0 Å². The second kappa shape index (κ2) is 11.0. The second-order valence-electron chi connectivity index (χ2n) is 12.4. The monoisotopic (exact) mass is 638 g/mol. The fraction of sp³-hybridized carbons (Fsp3) is 0. The van der Waals surface area contributed by atoms with Gasteiger partial charge in [0.25, 0.3) is 0 Å². The molecule has 6 nitrogen and oxygen atoms in total. The lowest BCUT2D eigenvalue weighted by Gasteiger charge is -2.13. The summed E-state index contributed by atoms with van der Waals surface area (Å²) in [6.45, 7) is 0. The van der Waals surface area contributed by atoms with Crippen molar-refractivity contribution in [2.24, 2.45) is 0 Å². The summed E-state index contributed by atoms with van der Waals surface area (Å²) in [7, 11) is 0. The van der Waals surface area contributed by atoms with Crippen LogP contribution in [0.5, 0.6) is 0 Å². The van der Waals surface area contributed by atoms with Crippen LogP contribution < -0.4 is 0 Å². The van der Waals surface area contributed by atoms with Gasteiger partial charge in [0.15, 0.2) is 11.6 Å². The first-order chi connectivity index (χ1) is 24.7. The Morgan fingerprint density at radius 1 is 0.440 bits per heavy atom. The number of fused-ring (bicyclic) bond motifs is 8. The molecular formula is C44H26N6. The van der Waals surface area contributed by atoms with Crippen LogP contribution >= 0.6 is 0 Å². The molecule has 0 bridgehead atoms. The van der Waals surface area contributed by atoms with E-state index in [0.29, 0.717) is 23.2 Å². The fourth-order valence-corrected chi connectivity index (χ4v) is 7.35. The zero-order chi connectivity index (χ0) is 33.2. The van der Waals surface area contributed by atoms with Gasteiger partial charge in [-0.05, 0) is 41.8 Å². The molecular weight excluding hydrogens is 613 g/mol. The normalized spacial score (nSPS) is 11.6. The largest absolute Gasteiger partial charge is 0.309 e. The lowest BCUT2D eigenvalue weighted by Crippen LogP contribution is -2.06. The molecule has 10 rings (SSSR count). The summed E-state index contributed by atoms with van der Waals surface area (Å²) in [6.07, 6.45) is 0. The van der Waals surface area contributed by atoms with Gasteiger partial charge in [-0.15, -0.1) is 0 Å². The van der Waals surface area contributed by atoms with E-state index < -0.39 is 0 Å². The number of rotatable bonds is 4. The number of aromatic nitrogens is 5. The van der Waals surface area contributed by atoms with Crippen molar-refractivity contribution in [2.45, 2.75) is 0 Å². The predicted molar refractivity (Wildman–Crippen MR) is 202 cm³/mol. The third-order valence-corrected chi connectivity index (χ3v) is 9.58. The maximum absolute atomic E-state index is 9.81. The van der Waals surface area contributed by atoms with Crippen LogP contribution in [0.3, 0.4) is 0 Å². The number of hydrogen-bond acceptors (Lipinski definition) is 4. The molecule has 0 aliphatic carbocycles. The standard InChI is InChI=1S/C44H26N6/c45-27-28-21-23-36-34-17-6-9-20-39(34)50(40(36)25-28)44-47-42(30-12-2-1-3-13-30)46-43(48-44)31-14-10-15-32(26-31)49-38-19-8-7-18-35(38)37-24-22-29-11-4-5-16-33(29)41(37)49/h1-26H. The van der Waals surface area contributed by atoms with E-state index in [4.69, 9.17) is 15.0 Å². The van der Waals surface area contributed by atoms with E-state index in [1.807, 2.05) is 65.2 Å². The molecule has 0 saturated heterocycles. The van der Waals surface area contributed by atoms with Gasteiger partial charge in [0.05, 0.1) is 33.7 Å². The Morgan fingerprint density at radius 3 is 1.86 bits per heavy atom. The minimum atomic E-state index is 0.489. The van der Waals surface area contributed by atoms with Crippen molar-refractivity contribution < 1.29 is 0 Å². The van der Waals surface area contributed by atoms with E-state index in [9.17, 15) is 5.26 Å². The molecule has 3 aromatic heterocycles. The lowest BCUT2D eigenvalue weighted by atomic mass is 10.1. The molecule has 0 N–H and O–H groups in total. The van der Waals surface area contributed by atoms with Crippen molar-refractivity contribution in [3.05, 3.63) is 163 Å². The van der Waals surface area contributed by atoms with Crippen LogP contribution in [0.1, 0.15) is 5.56 Å². The number of benzene rings is 7. The summed E-state index contributed by atoms with van der Waals surface area (Å²) in [5.74, 6) is 1.62. The summed E-state index contributed by atoms with van der Waals surface area (Å²) in [4.78, 5) is 15.3. The van der Waals surface area contributed by atoms with Crippen LogP contribution in [0.4, 0.5) is 0 Å². The Bertz CT molecular complexity index is 3000. The van der Waals surface area contributed by atoms with Crippen LogP contribution in [-0.2, 0) is 0 Å². The predicted octanol–water partition coefficient (Wildman–Crippen LogP) is 10.4. The van der Waals surface area contributed by atoms with E-state index in [1.54, 1.807) is 0 Å². The van der Waals surface area contributed by atoms with Gasteiger partial charge >= 0.3 is 0 Å². The molecule has 0 aliphatic heterocycles. The molecule has 0 aliphatic rings. The van der Waals surface area contributed by atoms with E-state index in [2.05, 4.69) is 108 Å². The van der Waals surface area contributed by atoms with Crippen molar-refractivity contribution in [2.75, 3.05) is 0 Å². The zero-order valence-electron chi connectivity index (χ0n) is 26.7. The van der Waals surface area contributed by atoms with Gasteiger partial charge in [-0.3, -0.25) is 4.57 Å². The van der Waals surface area contributed by atoms with Crippen LogP contribution in [0.25, 0.3) is 88.8 Å². The Kier molecular flexibility index (Phi) is 6.14. The van der Waals surface area contributed by atoms with Crippen LogP contribution in [0.2, 0.25) is 0 Å². The molecule has 0 saturated carbocycles. The van der Waals surface area contributed by atoms with Crippen LogP contribution in [0, 0.1) is 11.3 Å². The number of hydrogen-bond donors (Lipinski definition) is 0. The van der Waals surface area contributed by atoms with Crippen molar-refractivity contribution >= 4 is 54.4 Å². The Morgan fingerprint density at radius 2 is 1.06 bits per heavy atom. The molecule has 0 unspecified atom stereocenters. The van der Waals surface area contributed by atoms with Gasteiger partial charge in [0.1, 0.15) is 0 Å². The molecule has 0 amide bonds. The molecule has 0 atom stereocenters. The highest BCUT2D eigenvalue weighted by molar-refractivity contribution is 6.18. The van der Waals surface area contributed by atoms with Gasteiger partial charge < -0.3 is 4.57 Å². The summed E-state index contributed by atoms with van der Waals surface area (Å²) >= 11 is 0. The number of para-hydroxylation sites is 2. The maximum atomic E-state index is 9.81. The molecule has 3 heterocycles. The highest BCUT2D eigenvalue weighted by Crippen LogP contribution is 2.38. The van der Waals surface area contributed by atoms with Gasteiger partial charge in [-0.25, -0.2) is 4.98 Å². The minimum absolute atomic E-state index is 0.489. The minimum Gasteiger partial charge on any atom is -0.309 e. The summed E-state index contributed by atoms with van der Waals surface area (Å²) in [5, 5.41) is 16.7. The molecule has 6 heteroatoms. The first kappa shape index (κ1) is 28.0. The smallest absolute Gasteiger partial charge is 0.238 e. The van der Waals surface area contributed by atoms with Crippen LogP contribution in [-0.4, -0.2) is 24.1 Å². The van der Waals surface area contributed by atoms with Crippen molar-refractivity contribution in [1.29, 1.82) is 5.26 Å². The molecule has 0 radical (unpaired) electrons. The SMILES string of the molecule is N#Cc1ccc2c3ccccc3n(-c3nc(-c4ccccc4)nc(-c4cccc(-n5c6ccccc6c6ccc7ccccc7c65)c4)n3)c2c1. The fourth-order valence-electron chi connectivity index (χ4n) is 7.35. The summed E-state index contributed by atoms with van der Waals surface area (Å²) in [5.41, 5.74) is 7.48. The molecule has 0 spiro atoms. The third kappa shape index (κ3) is 4.24. The highest BCUT2D eigenvalue weighted by atomic mass is 15.2. The van der Waals surface area contributed by atoms with Crippen molar-refractivity contribution in [3.63, 3.8) is 0 Å². The Labute approximate surface area is 286 Å². The lowest BCUT2D eigenvalue weighted by molar-refractivity contribution is 0.953. The maximum Gasteiger partial charge on any atom is 0.238 e. The van der Waals surface area contributed by atoms with Gasteiger partial charge in [-0.2, -0.15) is 15.2 Å². The molecule has 50 heavy (non-hydrogen) atoms. The molecule has 0 fully saturated rings. The van der Waals surface area contributed by atoms with Gasteiger partial charge in [0, 0.05) is 43.7 Å². The Balaban J connectivity index is 1.25. The van der Waals surface area contributed by atoms with E-state index >= 15 is 0 Å². The topological polar surface area (TPSA) is 72.3 Å². The van der Waals surface area contributed by atoms with Gasteiger partial charge in [-0.1, -0.05) is 121 Å². The second-order valence-corrected chi connectivity index (χ2v) is 12.4. The number of nitrogens with zero attached hydrogens (tertiary/aromatic N) is 6. The Hall–Kier alpha value is -7.10. The first-order valence-corrected chi connectivity index (χ1v) is 16.5.